The van der Waals surface area contributed by atoms with E-state index in [2.05, 4.69) is 13.8 Å². The van der Waals surface area contributed by atoms with E-state index in [0.29, 0.717) is 5.41 Å². The molecule has 0 heterocycles. The quantitative estimate of drug-likeness (QED) is 0.612. The van der Waals surface area contributed by atoms with E-state index in [4.69, 9.17) is 5.73 Å². The first-order valence-electron chi connectivity index (χ1n) is 4.84. The van der Waals surface area contributed by atoms with Gasteiger partial charge in [-0.25, -0.2) is 0 Å². The van der Waals surface area contributed by atoms with Crippen molar-refractivity contribution in [1.29, 1.82) is 0 Å². The molecular formula is C10H19N. The van der Waals surface area contributed by atoms with Crippen molar-refractivity contribution in [2.24, 2.45) is 28.9 Å². The lowest BCUT2D eigenvalue weighted by molar-refractivity contribution is -0.0877. The van der Waals surface area contributed by atoms with E-state index in [9.17, 15) is 0 Å². The largest absolute Gasteiger partial charge is 0.330 e. The van der Waals surface area contributed by atoms with Gasteiger partial charge in [-0.2, -0.15) is 0 Å². The van der Waals surface area contributed by atoms with Crippen molar-refractivity contribution in [3.8, 4) is 0 Å². The van der Waals surface area contributed by atoms with Crippen LogP contribution in [0, 0.1) is 23.2 Å². The van der Waals surface area contributed by atoms with E-state index in [1.54, 1.807) is 0 Å². The highest BCUT2D eigenvalue weighted by molar-refractivity contribution is 5.01. The minimum atomic E-state index is 0.658. The maximum absolute atomic E-state index is 5.67. The van der Waals surface area contributed by atoms with Gasteiger partial charge in [0.05, 0.1) is 0 Å². The highest BCUT2D eigenvalue weighted by Crippen LogP contribution is 2.60. The smallest absolute Gasteiger partial charge is 0.00487 e. The van der Waals surface area contributed by atoms with E-state index in [0.717, 1.165) is 24.3 Å². The van der Waals surface area contributed by atoms with Crippen molar-refractivity contribution in [3.63, 3.8) is 0 Å². The standard InChI is InChI=1S/C10H19N/c1-10(2)8-3-7(6-11)4-9(10)5-8/h7-9H,3-6,11H2,1-2H3. The zero-order valence-electron chi connectivity index (χ0n) is 7.64. The van der Waals surface area contributed by atoms with Gasteiger partial charge in [0.2, 0.25) is 0 Å². The number of rotatable bonds is 1. The molecule has 0 aromatic carbocycles. The van der Waals surface area contributed by atoms with E-state index >= 15 is 0 Å². The maximum Gasteiger partial charge on any atom is -0.00487 e. The lowest BCUT2D eigenvalue weighted by atomic mass is 9.47. The maximum atomic E-state index is 5.67. The fraction of sp³-hybridized carbons (Fsp3) is 1.00. The van der Waals surface area contributed by atoms with E-state index in [1.807, 2.05) is 0 Å². The molecule has 3 fully saturated rings. The van der Waals surface area contributed by atoms with Crippen molar-refractivity contribution in [3.05, 3.63) is 0 Å². The zero-order chi connectivity index (χ0) is 8.06. The monoisotopic (exact) mass is 153 g/mol. The van der Waals surface area contributed by atoms with Crippen molar-refractivity contribution >= 4 is 0 Å². The number of hydrogen-bond donors (Lipinski definition) is 1. The van der Waals surface area contributed by atoms with Gasteiger partial charge in [0.1, 0.15) is 0 Å². The second-order valence-corrected chi connectivity index (χ2v) is 5.02. The average molecular weight is 153 g/mol. The summed E-state index contributed by atoms with van der Waals surface area (Å²) in [7, 11) is 0. The molecule has 3 aliphatic carbocycles. The molecule has 0 aromatic rings. The van der Waals surface area contributed by atoms with Crippen LogP contribution in [0.1, 0.15) is 33.1 Å². The van der Waals surface area contributed by atoms with Crippen LogP contribution < -0.4 is 5.73 Å². The third-order valence-electron chi connectivity index (χ3n) is 4.24. The van der Waals surface area contributed by atoms with E-state index in [-0.39, 0.29) is 0 Å². The van der Waals surface area contributed by atoms with Crippen molar-refractivity contribution < 1.29 is 0 Å². The second kappa shape index (κ2) is 2.22. The first kappa shape index (κ1) is 7.60. The Morgan fingerprint density at radius 3 is 2.09 bits per heavy atom. The summed E-state index contributed by atoms with van der Waals surface area (Å²) in [5, 5.41) is 0. The molecule has 3 saturated carbocycles. The summed E-state index contributed by atoms with van der Waals surface area (Å²) in [6.45, 7) is 5.78. The lowest BCUT2D eigenvalue weighted by Gasteiger charge is -2.59. The molecule has 2 bridgehead atoms. The van der Waals surface area contributed by atoms with Crippen molar-refractivity contribution in [2.75, 3.05) is 6.54 Å². The zero-order valence-corrected chi connectivity index (χ0v) is 7.64. The van der Waals surface area contributed by atoms with Crippen LogP contribution in [0.25, 0.3) is 0 Å². The number of nitrogens with two attached hydrogens (primary N) is 1. The van der Waals surface area contributed by atoms with Gasteiger partial charge in [0.25, 0.3) is 0 Å². The van der Waals surface area contributed by atoms with Crippen LogP contribution in [0.5, 0.6) is 0 Å². The van der Waals surface area contributed by atoms with Gasteiger partial charge in [-0.05, 0) is 49.0 Å². The Labute approximate surface area is 69.4 Å². The Balaban J connectivity index is 2.02. The molecule has 0 aromatic heterocycles. The van der Waals surface area contributed by atoms with Crippen LogP contribution >= 0.6 is 0 Å². The average Bonchev–Trinajstić information content (AvgIpc) is 2.04. The molecule has 2 N–H and O–H groups in total. The third kappa shape index (κ3) is 0.936. The molecular weight excluding hydrogens is 134 g/mol. The summed E-state index contributed by atoms with van der Waals surface area (Å²) in [5.41, 5.74) is 6.33. The molecule has 0 amide bonds. The highest BCUT2D eigenvalue weighted by atomic mass is 14.6. The Kier molecular flexibility index (Phi) is 1.54. The summed E-state index contributed by atoms with van der Waals surface area (Å²) < 4.78 is 0. The number of hydrogen-bond acceptors (Lipinski definition) is 1. The van der Waals surface area contributed by atoms with Gasteiger partial charge in [0, 0.05) is 0 Å². The molecule has 11 heavy (non-hydrogen) atoms. The highest BCUT2D eigenvalue weighted by Gasteiger charge is 2.52. The molecule has 0 spiro atoms. The van der Waals surface area contributed by atoms with E-state index in [1.165, 1.54) is 19.3 Å². The fourth-order valence-electron chi connectivity index (χ4n) is 3.02. The summed E-state index contributed by atoms with van der Waals surface area (Å²) in [5.74, 6) is 2.84. The van der Waals surface area contributed by atoms with Crippen molar-refractivity contribution in [2.45, 2.75) is 33.1 Å². The number of fused-ring (bicyclic) bond motifs is 2. The first-order valence-corrected chi connectivity index (χ1v) is 4.84. The van der Waals surface area contributed by atoms with Gasteiger partial charge in [0.15, 0.2) is 0 Å². The Hall–Kier alpha value is -0.0400. The predicted octanol–water partition coefficient (Wildman–Crippen LogP) is 2.02. The Morgan fingerprint density at radius 1 is 1.18 bits per heavy atom. The molecule has 2 unspecified atom stereocenters. The van der Waals surface area contributed by atoms with Crippen LogP contribution in [-0.2, 0) is 0 Å². The van der Waals surface area contributed by atoms with Crippen molar-refractivity contribution in [1.82, 2.24) is 0 Å². The Morgan fingerprint density at radius 2 is 1.73 bits per heavy atom. The first-order chi connectivity index (χ1) is 5.14. The van der Waals surface area contributed by atoms with Gasteiger partial charge in [-0.15, -0.1) is 0 Å². The van der Waals surface area contributed by atoms with Gasteiger partial charge in [-0.1, -0.05) is 13.8 Å². The molecule has 3 rings (SSSR count). The Bertz CT molecular complexity index is 148. The molecule has 0 saturated heterocycles. The molecule has 0 radical (unpaired) electrons. The minimum absolute atomic E-state index is 0.658. The van der Waals surface area contributed by atoms with Gasteiger partial charge >= 0.3 is 0 Å². The minimum Gasteiger partial charge on any atom is -0.330 e. The second-order valence-electron chi connectivity index (χ2n) is 5.02. The topological polar surface area (TPSA) is 26.0 Å². The molecule has 64 valence electrons. The normalized spacial score (nSPS) is 46.6. The third-order valence-corrected chi connectivity index (χ3v) is 4.24. The van der Waals surface area contributed by atoms with Crippen LogP contribution in [0.4, 0.5) is 0 Å². The molecule has 0 aliphatic heterocycles. The van der Waals surface area contributed by atoms with Gasteiger partial charge in [-0.3, -0.25) is 0 Å². The van der Waals surface area contributed by atoms with Crippen LogP contribution in [0.2, 0.25) is 0 Å². The molecule has 2 atom stereocenters. The van der Waals surface area contributed by atoms with Crippen LogP contribution in [0.3, 0.4) is 0 Å². The van der Waals surface area contributed by atoms with Crippen LogP contribution in [-0.4, -0.2) is 6.54 Å². The van der Waals surface area contributed by atoms with Gasteiger partial charge < -0.3 is 5.73 Å². The van der Waals surface area contributed by atoms with E-state index < -0.39 is 0 Å². The molecule has 3 aliphatic rings. The summed E-state index contributed by atoms with van der Waals surface area (Å²) >= 11 is 0. The predicted molar refractivity (Wildman–Crippen MR) is 47.2 cm³/mol. The molecule has 1 nitrogen and oxygen atoms in total. The molecule has 1 heteroatoms. The lowest BCUT2D eigenvalue weighted by Crippen LogP contribution is -2.51. The fourth-order valence-corrected chi connectivity index (χ4v) is 3.02. The summed E-state index contributed by atoms with van der Waals surface area (Å²) in [4.78, 5) is 0. The summed E-state index contributed by atoms with van der Waals surface area (Å²) in [6.07, 6.45) is 4.30. The van der Waals surface area contributed by atoms with Crippen LogP contribution in [0.15, 0.2) is 0 Å². The SMILES string of the molecule is CC1(C)C2CC(CN)CC1C2. The summed E-state index contributed by atoms with van der Waals surface area (Å²) in [6, 6.07) is 0.